The first-order valence-electron chi connectivity index (χ1n) is 7.45. The fourth-order valence-electron chi connectivity index (χ4n) is 2.99. The minimum atomic E-state index is -0.785. The Bertz CT molecular complexity index is 579. The molecular weight excluding hydrogens is 268 g/mol. The Morgan fingerprint density at radius 3 is 2.86 bits per heavy atom. The number of likely N-dealkylation sites (tertiary alicyclic amines) is 1. The highest BCUT2D eigenvalue weighted by atomic mass is 16.4. The number of fused-ring (bicyclic) bond motifs is 1. The highest BCUT2D eigenvalue weighted by Gasteiger charge is 2.37. The van der Waals surface area contributed by atoms with Crippen LogP contribution in [0.15, 0.2) is 18.2 Å². The number of carbonyl (C=O) groups is 2. The smallest absolute Gasteiger partial charge is 0.306 e. The minimum Gasteiger partial charge on any atom is -0.481 e. The number of nitrogens with one attached hydrogen (secondary N) is 1. The first-order valence-corrected chi connectivity index (χ1v) is 7.45. The second-order valence-corrected chi connectivity index (χ2v) is 6.00. The zero-order chi connectivity index (χ0) is 15.0. The summed E-state index contributed by atoms with van der Waals surface area (Å²) in [7, 11) is 0. The molecule has 3 rings (SSSR count). The Kier molecular flexibility index (Phi) is 3.57. The summed E-state index contributed by atoms with van der Waals surface area (Å²) in [5, 5.41) is 12.3. The largest absolute Gasteiger partial charge is 0.481 e. The van der Waals surface area contributed by atoms with Crippen molar-refractivity contribution in [1.82, 2.24) is 4.90 Å². The van der Waals surface area contributed by atoms with E-state index in [1.54, 1.807) is 11.8 Å². The lowest BCUT2D eigenvalue weighted by molar-refractivity contribution is -0.144. The second kappa shape index (κ2) is 5.39. The van der Waals surface area contributed by atoms with Crippen LogP contribution in [-0.4, -0.2) is 41.5 Å². The van der Waals surface area contributed by atoms with Gasteiger partial charge >= 0.3 is 5.97 Å². The lowest BCUT2D eigenvalue weighted by Crippen LogP contribution is -2.53. The lowest BCUT2D eigenvalue weighted by Gasteiger charge is -2.41. The molecule has 0 aromatic heterocycles. The van der Waals surface area contributed by atoms with E-state index in [1.165, 1.54) is 5.56 Å². The molecule has 1 amide bonds. The number of amides is 1. The zero-order valence-electron chi connectivity index (χ0n) is 12.1. The van der Waals surface area contributed by atoms with E-state index >= 15 is 0 Å². The van der Waals surface area contributed by atoms with Crippen LogP contribution in [0.5, 0.6) is 0 Å². The summed E-state index contributed by atoms with van der Waals surface area (Å²) >= 11 is 0. The van der Waals surface area contributed by atoms with Gasteiger partial charge in [0.25, 0.3) is 5.91 Å². The van der Waals surface area contributed by atoms with Crippen LogP contribution in [0.1, 0.15) is 29.3 Å². The molecule has 5 heteroatoms. The highest BCUT2D eigenvalue weighted by molar-refractivity contribution is 5.95. The molecule has 1 aromatic rings. The Morgan fingerprint density at radius 1 is 1.38 bits per heavy atom. The normalized spacial score (nSPS) is 19.2. The first-order chi connectivity index (χ1) is 10.1. The molecule has 112 valence electrons. The van der Waals surface area contributed by atoms with Crippen molar-refractivity contribution in [2.24, 2.45) is 11.8 Å². The van der Waals surface area contributed by atoms with Crippen LogP contribution in [0.3, 0.4) is 0 Å². The quantitative estimate of drug-likeness (QED) is 0.890. The molecule has 1 unspecified atom stereocenters. The number of anilines is 1. The van der Waals surface area contributed by atoms with Gasteiger partial charge in [0.05, 0.1) is 5.92 Å². The van der Waals surface area contributed by atoms with E-state index in [0.717, 1.165) is 25.1 Å². The van der Waals surface area contributed by atoms with Gasteiger partial charge in [0.15, 0.2) is 0 Å². The summed E-state index contributed by atoms with van der Waals surface area (Å²) in [6, 6.07) is 5.80. The number of hydrogen-bond acceptors (Lipinski definition) is 3. The standard InChI is InChI=1S/C16H20N2O3/c1-10(16(20)21)13-8-18(9-13)15(19)12-4-5-14-11(7-12)3-2-6-17-14/h4-5,7,10,13,17H,2-3,6,8-9H2,1H3,(H,20,21). The molecule has 2 aliphatic rings. The van der Waals surface area contributed by atoms with Gasteiger partial charge in [-0.1, -0.05) is 6.92 Å². The van der Waals surface area contributed by atoms with Gasteiger partial charge in [-0.3, -0.25) is 9.59 Å². The summed E-state index contributed by atoms with van der Waals surface area (Å²) in [5.41, 5.74) is 3.03. The number of hydrogen-bond donors (Lipinski definition) is 2. The Labute approximate surface area is 123 Å². The predicted molar refractivity (Wildman–Crippen MR) is 79.4 cm³/mol. The van der Waals surface area contributed by atoms with Crippen molar-refractivity contribution in [3.63, 3.8) is 0 Å². The summed E-state index contributed by atoms with van der Waals surface area (Å²) in [4.78, 5) is 25.1. The van der Waals surface area contributed by atoms with Gasteiger partial charge in [-0.15, -0.1) is 0 Å². The summed E-state index contributed by atoms with van der Waals surface area (Å²) in [5.74, 6) is -1.09. The molecule has 0 saturated carbocycles. The van der Waals surface area contributed by atoms with Crippen LogP contribution in [0.25, 0.3) is 0 Å². The summed E-state index contributed by atoms with van der Waals surface area (Å²) in [6.07, 6.45) is 2.09. The highest BCUT2D eigenvalue weighted by Crippen LogP contribution is 2.28. The average Bonchev–Trinajstić information content (AvgIpc) is 2.44. The van der Waals surface area contributed by atoms with E-state index in [1.807, 2.05) is 18.2 Å². The average molecular weight is 288 g/mol. The molecule has 0 aliphatic carbocycles. The fraction of sp³-hybridized carbons (Fsp3) is 0.500. The predicted octanol–water partition coefficient (Wildman–Crippen LogP) is 1.84. The van der Waals surface area contributed by atoms with E-state index in [2.05, 4.69) is 5.32 Å². The maximum atomic E-state index is 12.4. The van der Waals surface area contributed by atoms with Crippen LogP contribution >= 0.6 is 0 Å². The molecule has 1 fully saturated rings. The Balaban J connectivity index is 1.66. The first kappa shape index (κ1) is 13.9. The van der Waals surface area contributed by atoms with Gasteiger partial charge in [0, 0.05) is 36.8 Å². The van der Waals surface area contributed by atoms with E-state index in [4.69, 9.17) is 5.11 Å². The van der Waals surface area contributed by atoms with Gasteiger partial charge in [-0.2, -0.15) is 0 Å². The molecule has 2 heterocycles. The molecule has 0 spiro atoms. The number of carboxylic acid groups (broad SMARTS) is 1. The number of nitrogens with zero attached hydrogens (tertiary/aromatic N) is 1. The monoisotopic (exact) mass is 288 g/mol. The molecule has 5 nitrogen and oxygen atoms in total. The van der Waals surface area contributed by atoms with Crippen LogP contribution in [0.4, 0.5) is 5.69 Å². The van der Waals surface area contributed by atoms with Crippen molar-refractivity contribution < 1.29 is 14.7 Å². The molecule has 21 heavy (non-hydrogen) atoms. The Morgan fingerprint density at radius 2 is 2.14 bits per heavy atom. The van der Waals surface area contributed by atoms with Gasteiger partial charge in [-0.25, -0.2) is 0 Å². The summed E-state index contributed by atoms with van der Waals surface area (Å²) < 4.78 is 0. The maximum absolute atomic E-state index is 12.4. The maximum Gasteiger partial charge on any atom is 0.306 e. The van der Waals surface area contributed by atoms with Gasteiger partial charge < -0.3 is 15.3 Å². The number of rotatable bonds is 3. The van der Waals surface area contributed by atoms with Crippen molar-refractivity contribution >= 4 is 17.6 Å². The van der Waals surface area contributed by atoms with Gasteiger partial charge in [0.2, 0.25) is 0 Å². The van der Waals surface area contributed by atoms with Crippen molar-refractivity contribution in [3.8, 4) is 0 Å². The third-order valence-corrected chi connectivity index (χ3v) is 4.58. The zero-order valence-corrected chi connectivity index (χ0v) is 12.1. The molecule has 1 saturated heterocycles. The van der Waals surface area contributed by atoms with Crippen LogP contribution in [0.2, 0.25) is 0 Å². The molecule has 0 radical (unpaired) electrons. The fourth-order valence-corrected chi connectivity index (χ4v) is 2.99. The van der Waals surface area contributed by atoms with Crippen molar-refractivity contribution in [3.05, 3.63) is 29.3 Å². The molecule has 1 aromatic carbocycles. The number of aryl methyl sites for hydroxylation is 1. The Hall–Kier alpha value is -2.04. The SMILES string of the molecule is CC(C(=O)O)C1CN(C(=O)c2ccc3c(c2)CCCN3)C1. The van der Waals surface area contributed by atoms with Crippen LogP contribution in [0, 0.1) is 11.8 Å². The minimum absolute atomic E-state index is 0.0113. The van der Waals surface area contributed by atoms with Crippen LogP contribution in [-0.2, 0) is 11.2 Å². The van der Waals surface area contributed by atoms with Crippen molar-refractivity contribution in [2.45, 2.75) is 19.8 Å². The number of carbonyl (C=O) groups excluding carboxylic acids is 1. The molecule has 2 N–H and O–H groups in total. The molecular formula is C16H20N2O3. The number of benzene rings is 1. The van der Waals surface area contributed by atoms with Gasteiger partial charge in [-0.05, 0) is 36.6 Å². The van der Waals surface area contributed by atoms with E-state index in [9.17, 15) is 9.59 Å². The third kappa shape index (κ3) is 2.60. The topological polar surface area (TPSA) is 69.6 Å². The van der Waals surface area contributed by atoms with Crippen molar-refractivity contribution in [2.75, 3.05) is 25.0 Å². The van der Waals surface area contributed by atoms with Crippen LogP contribution < -0.4 is 5.32 Å². The van der Waals surface area contributed by atoms with Gasteiger partial charge in [0.1, 0.15) is 0 Å². The lowest BCUT2D eigenvalue weighted by atomic mass is 9.86. The number of aliphatic carboxylic acids is 1. The second-order valence-electron chi connectivity index (χ2n) is 6.00. The number of carboxylic acids is 1. The van der Waals surface area contributed by atoms with E-state index in [-0.39, 0.29) is 17.7 Å². The molecule has 2 aliphatic heterocycles. The summed E-state index contributed by atoms with van der Waals surface area (Å²) in [6.45, 7) is 3.78. The third-order valence-electron chi connectivity index (χ3n) is 4.58. The van der Waals surface area contributed by atoms with E-state index in [0.29, 0.717) is 18.7 Å². The molecule has 0 bridgehead atoms. The van der Waals surface area contributed by atoms with E-state index < -0.39 is 5.97 Å². The molecule has 1 atom stereocenters. The van der Waals surface area contributed by atoms with Crippen molar-refractivity contribution in [1.29, 1.82) is 0 Å².